The van der Waals surface area contributed by atoms with Gasteiger partial charge in [0.2, 0.25) is 5.01 Å². The van der Waals surface area contributed by atoms with E-state index < -0.39 is 23.9 Å². The number of carbonyl (C=O) groups excluding carboxylic acids is 3. The Kier molecular flexibility index (Phi) is 7.95. The van der Waals surface area contributed by atoms with Crippen molar-refractivity contribution in [1.82, 2.24) is 10.3 Å². The number of esters is 2. The van der Waals surface area contributed by atoms with E-state index in [9.17, 15) is 14.4 Å². The molecule has 1 atom stereocenters. The highest BCUT2D eigenvalue weighted by Gasteiger charge is 2.27. The molecule has 1 aromatic carbocycles. The van der Waals surface area contributed by atoms with Gasteiger partial charge in [0.05, 0.1) is 22.9 Å². The van der Waals surface area contributed by atoms with Crippen molar-refractivity contribution < 1.29 is 23.9 Å². The van der Waals surface area contributed by atoms with Gasteiger partial charge >= 0.3 is 11.9 Å². The Bertz CT molecular complexity index is 852. The monoisotopic (exact) mass is 424 g/mol. The number of carbonyl (C=O) groups is 3. The maximum atomic E-state index is 12.5. The molecule has 9 heteroatoms. The zero-order valence-electron chi connectivity index (χ0n) is 15.7. The molecule has 0 aliphatic rings. The summed E-state index contributed by atoms with van der Waals surface area (Å²) in [6.07, 6.45) is 0. The molecule has 2 aromatic rings. The lowest BCUT2D eigenvalue weighted by Gasteiger charge is -2.21. The number of hydrogen-bond acceptors (Lipinski definition) is 7. The first-order valence-corrected chi connectivity index (χ1v) is 9.92. The van der Waals surface area contributed by atoms with Gasteiger partial charge in [-0.3, -0.25) is 4.79 Å². The van der Waals surface area contributed by atoms with Gasteiger partial charge in [0.1, 0.15) is 12.6 Å². The maximum absolute atomic E-state index is 12.5. The van der Waals surface area contributed by atoms with Crippen molar-refractivity contribution in [3.63, 3.8) is 0 Å². The van der Waals surface area contributed by atoms with Crippen LogP contribution in [0.25, 0.3) is 0 Å². The van der Waals surface area contributed by atoms with Crippen LogP contribution >= 0.6 is 22.9 Å². The first-order valence-electron chi connectivity index (χ1n) is 8.67. The normalized spacial score (nSPS) is 11.8. The van der Waals surface area contributed by atoms with Crippen LogP contribution in [-0.2, 0) is 20.9 Å². The second-order valence-electron chi connectivity index (χ2n) is 6.15. The SMILES string of the molecule is CCOC(=O)c1nc(COC(=O)[C@@H](NC(=O)c2ccccc2Cl)C(C)C)cs1. The largest absolute Gasteiger partial charge is 0.461 e. The maximum Gasteiger partial charge on any atom is 0.367 e. The minimum Gasteiger partial charge on any atom is -0.461 e. The summed E-state index contributed by atoms with van der Waals surface area (Å²) >= 11 is 7.14. The lowest BCUT2D eigenvalue weighted by molar-refractivity contribution is -0.148. The molecule has 28 heavy (non-hydrogen) atoms. The lowest BCUT2D eigenvalue weighted by atomic mass is 10.0. The van der Waals surface area contributed by atoms with E-state index in [0.717, 1.165) is 11.3 Å². The Labute approximate surface area is 172 Å². The zero-order valence-corrected chi connectivity index (χ0v) is 17.3. The summed E-state index contributed by atoms with van der Waals surface area (Å²) in [5.74, 6) is -1.78. The molecular weight excluding hydrogens is 404 g/mol. The number of aromatic nitrogens is 1. The molecule has 1 heterocycles. The Balaban J connectivity index is 1.99. The number of halogens is 1. The Morgan fingerprint density at radius 2 is 1.93 bits per heavy atom. The molecule has 0 fully saturated rings. The van der Waals surface area contributed by atoms with E-state index in [4.69, 9.17) is 21.1 Å². The average molecular weight is 425 g/mol. The van der Waals surface area contributed by atoms with E-state index in [1.54, 1.807) is 50.4 Å². The molecule has 0 saturated carbocycles. The minimum absolute atomic E-state index is 0.111. The van der Waals surface area contributed by atoms with E-state index in [2.05, 4.69) is 10.3 Å². The van der Waals surface area contributed by atoms with Crippen molar-refractivity contribution in [3.05, 3.63) is 50.9 Å². The molecule has 1 N–H and O–H groups in total. The standard InChI is InChI=1S/C19H21ClN2O5S/c1-4-26-19(25)17-21-12(10-28-17)9-27-18(24)15(11(2)3)22-16(23)13-7-5-6-8-14(13)20/h5-8,10-11,15H,4,9H2,1-3H3,(H,22,23)/t15-/m0/s1. The van der Waals surface area contributed by atoms with Gasteiger partial charge in [0, 0.05) is 5.38 Å². The molecule has 7 nitrogen and oxygen atoms in total. The van der Waals surface area contributed by atoms with Gasteiger partial charge in [-0.2, -0.15) is 0 Å². The van der Waals surface area contributed by atoms with Crippen LogP contribution in [0.4, 0.5) is 0 Å². The molecule has 0 bridgehead atoms. The van der Waals surface area contributed by atoms with Crippen LogP contribution in [-0.4, -0.2) is 35.5 Å². The third kappa shape index (κ3) is 5.77. The Morgan fingerprint density at radius 1 is 1.21 bits per heavy atom. The first-order chi connectivity index (χ1) is 13.3. The molecule has 2 rings (SSSR count). The third-order valence-electron chi connectivity index (χ3n) is 3.69. The summed E-state index contributed by atoms with van der Waals surface area (Å²) in [7, 11) is 0. The fourth-order valence-corrected chi connectivity index (χ4v) is 3.17. The summed E-state index contributed by atoms with van der Waals surface area (Å²) in [5.41, 5.74) is 0.711. The van der Waals surface area contributed by atoms with Crippen LogP contribution in [0, 0.1) is 5.92 Å². The van der Waals surface area contributed by atoms with Gasteiger partial charge in [-0.1, -0.05) is 37.6 Å². The van der Waals surface area contributed by atoms with Crippen molar-refractivity contribution in [2.75, 3.05) is 6.61 Å². The van der Waals surface area contributed by atoms with Crippen LogP contribution in [0.2, 0.25) is 5.02 Å². The smallest absolute Gasteiger partial charge is 0.367 e. The van der Waals surface area contributed by atoms with Crippen molar-refractivity contribution in [2.45, 2.75) is 33.4 Å². The second kappa shape index (κ2) is 10.2. The van der Waals surface area contributed by atoms with Crippen LogP contribution < -0.4 is 5.32 Å². The van der Waals surface area contributed by atoms with Crippen LogP contribution in [0.1, 0.15) is 46.6 Å². The van der Waals surface area contributed by atoms with Crippen molar-refractivity contribution in [3.8, 4) is 0 Å². The number of ether oxygens (including phenoxy) is 2. The molecule has 1 aromatic heterocycles. The van der Waals surface area contributed by atoms with Gasteiger partial charge in [0.25, 0.3) is 5.91 Å². The van der Waals surface area contributed by atoms with E-state index in [1.807, 2.05) is 0 Å². The number of thiazole rings is 1. The molecule has 150 valence electrons. The molecule has 0 aliphatic heterocycles. The number of nitrogens with one attached hydrogen (secondary N) is 1. The summed E-state index contributed by atoms with van der Waals surface area (Å²) < 4.78 is 10.2. The minimum atomic E-state index is -0.855. The number of amides is 1. The van der Waals surface area contributed by atoms with Crippen molar-refractivity contribution in [2.24, 2.45) is 5.92 Å². The number of hydrogen-bond donors (Lipinski definition) is 1. The Hall–Kier alpha value is -2.45. The van der Waals surface area contributed by atoms with Crippen molar-refractivity contribution in [1.29, 1.82) is 0 Å². The fourth-order valence-electron chi connectivity index (χ4n) is 2.26. The lowest BCUT2D eigenvalue weighted by Crippen LogP contribution is -2.45. The second-order valence-corrected chi connectivity index (χ2v) is 7.41. The molecule has 0 aliphatic carbocycles. The van der Waals surface area contributed by atoms with Gasteiger partial charge in [-0.25, -0.2) is 14.6 Å². The van der Waals surface area contributed by atoms with Crippen LogP contribution in [0.3, 0.4) is 0 Å². The third-order valence-corrected chi connectivity index (χ3v) is 4.89. The number of nitrogens with zero attached hydrogens (tertiary/aromatic N) is 1. The molecule has 0 unspecified atom stereocenters. The summed E-state index contributed by atoms with van der Waals surface area (Å²) in [6.45, 7) is 5.43. The highest BCUT2D eigenvalue weighted by Crippen LogP contribution is 2.16. The van der Waals surface area contributed by atoms with Gasteiger partial charge in [-0.05, 0) is 25.0 Å². The first kappa shape index (κ1) is 21.8. The highest BCUT2D eigenvalue weighted by molar-refractivity contribution is 7.11. The van der Waals surface area contributed by atoms with E-state index in [1.165, 1.54) is 0 Å². The van der Waals surface area contributed by atoms with Gasteiger partial charge in [-0.15, -0.1) is 11.3 Å². The predicted octanol–water partition coefficient (Wildman–Crippen LogP) is 3.47. The summed E-state index contributed by atoms with van der Waals surface area (Å²) in [4.78, 5) is 40.6. The summed E-state index contributed by atoms with van der Waals surface area (Å²) in [5, 5.41) is 4.77. The van der Waals surface area contributed by atoms with Crippen molar-refractivity contribution >= 4 is 40.8 Å². The number of benzene rings is 1. The van der Waals surface area contributed by atoms with Gasteiger partial charge in [0.15, 0.2) is 0 Å². The van der Waals surface area contributed by atoms with E-state index in [0.29, 0.717) is 10.7 Å². The van der Waals surface area contributed by atoms with Crippen LogP contribution in [0.15, 0.2) is 29.6 Å². The molecule has 0 radical (unpaired) electrons. The van der Waals surface area contributed by atoms with E-state index >= 15 is 0 Å². The highest BCUT2D eigenvalue weighted by atomic mass is 35.5. The Morgan fingerprint density at radius 3 is 2.57 bits per heavy atom. The quantitative estimate of drug-likeness (QED) is 0.652. The zero-order chi connectivity index (χ0) is 20.7. The topological polar surface area (TPSA) is 94.6 Å². The van der Waals surface area contributed by atoms with Gasteiger partial charge < -0.3 is 14.8 Å². The molecular formula is C19H21ClN2O5S. The fraction of sp³-hybridized carbons (Fsp3) is 0.368. The predicted molar refractivity (Wildman–Crippen MR) is 105 cm³/mol. The molecule has 0 spiro atoms. The van der Waals surface area contributed by atoms with Crippen LogP contribution in [0.5, 0.6) is 0 Å². The molecule has 1 amide bonds. The average Bonchev–Trinajstić information content (AvgIpc) is 3.13. The van der Waals surface area contributed by atoms with E-state index in [-0.39, 0.29) is 29.7 Å². The number of rotatable bonds is 8. The summed E-state index contributed by atoms with van der Waals surface area (Å²) in [6, 6.07) is 5.72. The molecule has 0 saturated heterocycles.